The number of phenolic OH excluding ortho intramolecular Hbond substituents is 1. The van der Waals surface area contributed by atoms with E-state index in [1.54, 1.807) is 6.07 Å². The Morgan fingerprint density at radius 3 is 2.73 bits per heavy atom. The summed E-state index contributed by atoms with van der Waals surface area (Å²) < 4.78 is 6.18. The van der Waals surface area contributed by atoms with Crippen molar-refractivity contribution in [1.82, 2.24) is 0 Å². The fourth-order valence-electron chi connectivity index (χ4n) is 2.92. The molecule has 26 heavy (non-hydrogen) atoms. The molecule has 0 radical (unpaired) electrons. The Hall–Kier alpha value is -1.68. The molecule has 2 rings (SSSR count). The van der Waals surface area contributed by atoms with Crippen molar-refractivity contribution < 1.29 is 9.84 Å². The summed E-state index contributed by atoms with van der Waals surface area (Å²) in [7, 11) is 0. The average molecular weight is 374 g/mol. The molecule has 3 nitrogen and oxygen atoms in total. The number of ether oxygens (including phenoxy) is 1. The third-order valence-corrected chi connectivity index (χ3v) is 4.72. The van der Waals surface area contributed by atoms with E-state index in [2.05, 4.69) is 52.5 Å². The Kier molecular flexibility index (Phi) is 7.39. The largest absolute Gasteiger partial charge is 0.508 e. The first-order valence-electron chi connectivity index (χ1n) is 9.36. The van der Waals surface area contributed by atoms with Crippen LogP contribution in [0.25, 0.3) is 0 Å². The van der Waals surface area contributed by atoms with Gasteiger partial charge in [0.1, 0.15) is 17.6 Å². The second-order valence-corrected chi connectivity index (χ2v) is 8.48. The summed E-state index contributed by atoms with van der Waals surface area (Å²) in [5.41, 5.74) is 0.746. The lowest BCUT2D eigenvalue weighted by Gasteiger charge is -2.22. The summed E-state index contributed by atoms with van der Waals surface area (Å²) in [4.78, 5) is 4.72. The highest BCUT2D eigenvalue weighted by Gasteiger charge is 2.19. The van der Waals surface area contributed by atoms with Crippen molar-refractivity contribution >= 4 is 18.8 Å². The predicted molar refractivity (Wildman–Crippen MR) is 114 cm³/mol. The van der Waals surface area contributed by atoms with Gasteiger partial charge in [-0.2, -0.15) is 12.6 Å². The first-order chi connectivity index (χ1) is 12.3. The van der Waals surface area contributed by atoms with Crippen molar-refractivity contribution in [3.8, 4) is 11.5 Å². The lowest BCUT2D eigenvalue weighted by atomic mass is 9.86. The van der Waals surface area contributed by atoms with Crippen molar-refractivity contribution in [2.24, 2.45) is 4.99 Å². The molecule has 142 valence electrons. The minimum atomic E-state index is -0.141. The van der Waals surface area contributed by atoms with Crippen LogP contribution in [0.5, 0.6) is 11.5 Å². The topological polar surface area (TPSA) is 41.8 Å². The van der Waals surface area contributed by atoms with Gasteiger partial charge in [-0.05, 0) is 36.5 Å². The van der Waals surface area contributed by atoms with Gasteiger partial charge in [0.2, 0.25) is 0 Å². The first-order valence-corrected chi connectivity index (χ1v) is 9.87. The molecule has 0 spiro atoms. The van der Waals surface area contributed by atoms with Crippen LogP contribution in [0.3, 0.4) is 0 Å². The Bertz CT molecular complexity index is 673. The SMILES string of the molecule is CCCC(C=NC1C=CC=CC(S)C1)Oc1ccc(O)c(C(C)(C)C)c1. The van der Waals surface area contributed by atoms with Crippen LogP contribution >= 0.6 is 12.6 Å². The maximum Gasteiger partial charge on any atom is 0.133 e. The number of nitrogens with zero attached hydrogens (tertiary/aromatic N) is 1. The van der Waals surface area contributed by atoms with E-state index in [1.807, 2.05) is 30.5 Å². The molecule has 1 aliphatic carbocycles. The van der Waals surface area contributed by atoms with Gasteiger partial charge in [-0.25, -0.2) is 0 Å². The quantitative estimate of drug-likeness (QED) is 0.511. The number of phenols is 1. The molecule has 0 fully saturated rings. The second kappa shape index (κ2) is 9.31. The van der Waals surface area contributed by atoms with Gasteiger partial charge in [0.25, 0.3) is 0 Å². The van der Waals surface area contributed by atoms with Crippen molar-refractivity contribution in [3.63, 3.8) is 0 Å². The predicted octanol–water partition coefficient (Wildman–Crippen LogP) is 5.49. The number of rotatable bonds is 6. The van der Waals surface area contributed by atoms with Gasteiger partial charge in [0.05, 0.1) is 6.04 Å². The van der Waals surface area contributed by atoms with Crippen LogP contribution in [0.15, 0.2) is 47.5 Å². The number of allylic oxidation sites excluding steroid dienone is 2. The third-order valence-electron chi connectivity index (χ3n) is 4.34. The maximum absolute atomic E-state index is 10.1. The number of benzene rings is 1. The van der Waals surface area contributed by atoms with Gasteiger partial charge in [0.15, 0.2) is 0 Å². The Morgan fingerprint density at radius 1 is 1.31 bits per heavy atom. The molecule has 3 unspecified atom stereocenters. The molecule has 0 saturated carbocycles. The van der Waals surface area contributed by atoms with E-state index in [9.17, 15) is 5.11 Å². The Balaban J connectivity index is 2.12. The van der Waals surface area contributed by atoms with Gasteiger partial charge in [-0.15, -0.1) is 0 Å². The summed E-state index contributed by atoms with van der Waals surface area (Å²) in [6.07, 6.45) is 12.9. The zero-order valence-electron chi connectivity index (χ0n) is 16.2. The molecule has 3 atom stereocenters. The molecular formula is C22H31NO2S. The van der Waals surface area contributed by atoms with Crippen LogP contribution in [0, 0.1) is 0 Å². The molecule has 4 heteroatoms. The first kappa shape index (κ1) is 20.6. The Labute approximate surface area is 163 Å². The molecule has 1 N–H and O–H groups in total. The second-order valence-electron chi connectivity index (χ2n) is 7.81. The van der Waals surface area contributed by atoms with E-state index in [1.165, 1.54) is 0 Å². The number of hydrogen-bond donors (Lipinski definition) is 2. The average Bonchev–Trinajstić information content (AvgIpc) is 2.77. The summed E-state index contributed by atoms with van der Waals surface area (Å²) >= 11 is 4.55. The fourth-order valence-corrected chi connectivity index (χ4v) is 3.23. The standard InChI is InChI=1S/C22H31NO2S/c1-5-8-18(15-23-16-9-6-7-10-19(26)13-16)25-17-11-12-21(24)20(14-17)22(2,3)4/h6-7,9-12,14-16,18-19,24,26H,5,8,13H2,1-4H3. The van der Waals surface area contributed by atoms with Gasteiger partial charge in [-0.3, -0.25) is 4.99 Å². The van der Waals surface area contributed by atoms with Gasteiger partial charge in [-0.1, -0.05) is 58.4 Å². The van der Waals surface area contributed by atoms with Crippen molar-refractivity contribution in [3.05, 3.63) is 48.1 Å². The van der Waals surface area contributed by atoms with Crippen molar-refractivity contribution in [2.75, 3.05) is 0 Å². The van der Waals surface area contributed by atoms with Crippen molar-refractivity contribution in [2.45, 2.75) is 69.8 Å². The summed E-state index contributed by atoms with van der Waals surface area (Å²) in [6.45, 7) is 8.38. The fraction of sp³-hybridized carbons (Fsp3) is 0.500. The molecule has 1 aromatic rings. The highest BCUT2D eigenvalue weighted by atomic mass is 32.1. The van der Waals surface area contributed by atoms with E-state index in [0.29, 0.717) is 5.75 Å². The Morgan fingerprint density at radius 2 is 2.04 bits per heavy atom. The highest BCUT2D eigenvalue weighted by Crippen LogP contribution is 2.33. The van der Waals surface area contributed by atoms with Crippen LogP contribution in [-0.4, -0.2) is 28.7 Å². The van der Waals surface area contributed by atoms with Crippen LogP contribution in [-0.2, 0) is 5.41 Å². The van der Waals surface area contributed by atoms with E-state index in [0.717, 1.165) is 30.6 Å². The molecule has 0 bridgehead atoms. The number of aromatic hydroxyl groups is 1. The molecule has 0 heterocycles. The summed E-state index contributed by atoms with van der Waals surface area (Å²) in [5, 5.41) is 10.4. The van der Waals surface area contributed by atoms with Crippen LogP contribution < -0.4 is 4.74 Å². The zero-order chi connectivity index (χ0) is 19.2. The smallest absolute Gasteiger partial charge is 0.133 e. The molecule has 1 aromatic carbocycles. The highest BCUT2D eigenvalue weighted by molar-refractivity contribution is 7.81. The maximum atomic E-state index is 10.1. The minimum absolute atomic E-state index is 0.0830. The van der Waals surface area contributed by atoms with E-state index in [4.69, 9.17) is 9.73 Å². The lowest BCUT2D eigenvalue weighted by molar-refractivity contribution is 0.258. The molecule has 0 saturated heterocycles. The van der Waals surface area contributed by atoms with E-state index >= 15 is 0 Å². The summed E-state index contributed by atoms with van der Waals surface area (Å²) in [6, 6.07) is 5.59. The lowest BCUT2D eigenvalue weighted by Crippen LogP contribution is -2.20. The van der Waals surface area contributed by atoms with Gasteiger partial charge < -0.3 is 9.84 Å². The number of hydrogen-bond acceptors (Lipinski definition) is 4. The van der Waals surface area contributed by atoms with Crippen LogP contribution in [0.2, 0.25) is 0 Å². The molecule has 0 aromatic heterocycles. The number of aliphatic imine (C=N–C) groups is 1. The summed E-state index contributed by atoms with van der Waals surface area (Å²) in [5.74, 6) is 1.07. The molecule has 0 amide bonds. The minimum Gasteiger partial charge on any atom is -0.508 e. The molecule has 0 aliphatic heterocycles. The normalized spacial score (nSPS) is 21.7. The van der Waals surface area contributed by atoms with Crippen LogP contribution in [0.1, 0.15) is 52.5 Å². The third kappa shape index (κ3) is 6.24. The van der Waals surface area contributed by atoms with Gasteiger partial charge in [0, 0.05) is 17.0 Å². The molecule has 1 aliphatic rings. The van der Waals surface area contributed by atoms with E-state index < -0.39 is 0 Å². The van der Waals surface area contributed by atoms with E-state index in [-0.39, 0.29) is 22.8 Å². The monoisotopic (exact) mass is 373 g/mol. The number of thiol groups is 1. The van der Waals surface area contributed by atoms with Crippen molar-refractivity contribution in [1.29, 1.82) is 0 Å². The molecular weight excluding hydrogens is 342 g/mol. The zero-order valence-corrected chi connectivity index (χ0v) is 17.1. The van der Waals surface area contributed by atoms with Gasteiger partial charge >= 0.3 is 0 Å². The van der Waals surface area contributed by atoms with Crippen LogP contribution in [0.4, 0.5) is 0 Å².